The molecule has 18 heavy (non-hydrogen) atoms. The molecule has 2 rings (SSSR count). The summed E-state index contributed by atoms with van der Waals surface area (Å²) in [6.07, 6.45) is 1.52. The lowest BCUT2D eigenvalue weighted by molar-refractivity contribution is 0.0771. The average Bonchev–Trinajstić information content (AvgIpc) is 2.81. The van der Waals surface area contributed by atoms with Crippen molar-refractivity contribution in [2.45, 2.75) is 6.54 Å². The van der Waals surface area contributed by atoms with Crippen molar-refractivity contribution in [1.29, 1.82) is 0 Å². The third kappa shape index (κ3) is 2.71. The molecule has 0 radical (unpaired) electrons. The Bertz CT molecular complexity index is 554. The molecule has 0 aliphatic carbocycles. The van der Waals surface area contributed by atoms with E-state index >= 15 is 0 Å². The molecule has 0 saturated carbocycles. The quantitative estimate of drug-likeness (QED) is 0.854. The lowest BCUT2D eigenvalue weighted by atomic mass is 10.2. The van der Waals surface area contributed by atoms with Gasteiger partial charge in [0, 0.05) is 12.1 Å². The minimum atomic E-state index is -0.626. The summed E-state index contributed by atoms with van der Waals surface area (Å²) in [7, 11) is 1.58. The first-order valence-corrected chi connectivity index (χ1v) is 5.68. The summed E-state index contributed by atoms with van der Waals surface area (Å²) in [4.78, 5) is 13.4. The smallest absolute Gasteiger partial charge is 0.256 e. The molecule has 0 N–H and O–H groups in total. The first-order chi connectivity index (χ1) is 8.58. The highest BCUT2D eigenvalue weighted by Gasteiger charge is 2.17. The van der Waals surface area contributed by atoms with Crippen molar-refractivity contribution in [3.05, 3.63) is 58.8 Å². The Morgan fingerprint density at radius 3 is 2.83 bits per heavy atom. The zero-order valence-electron chi connectivity index (χ0n) is 9.69. The Morgan fingerprint density at radius 1 is 1.44 bits per heavy atom. The van der Waals surface area contributed by atoms with Gasteiger partial charge in [0.2, 0.25) is 0 Å². The van der Waals surface area contributed by atoms with E-state index in [-0.39, 0.29) is 17.1 Å². The third-order valence-electron chi connectivity index (χ3n) is 2.48. The van der Waals surface area contributed by atoms with E-state index in [0.717, 1.165) is 6.07 Å². The van der Waals surface area contributed by atoms with E-state index in [4.69, 9.17) is 16.0 Å². The molecule has 0 aliphatic rings. The second kappa shape index (κ2) is 5.23. The molecule has 0 bridgehead atoms. The van der Waals surface area contributed by atoms with Gasteiger partial charge in [-0.1, -0.05) is 11.6 Å². The molecule has 94 valence electrons. The summed E-state index contributed by atoms with van der Waals surface area (Å²) in [5.74, 6) is -0.403. The van der Waals surface area contributed by atoms with Crippen LogP contribution in [0.25, 0.3) is 0 Å². The largest absolute Gasteiger partial charge is 0.467 e. The Hall–Kier alpha value is -1.81. The lowest BCUT2D eigenvalue weighted by Gasteiger charge is -2.16. The first-order valence-electron chi connectivity index (χ1n) is 5.31. The molecule has 0 atom stereocenters. The topological polar surface area (TPSA) is 33.5 Å². The number of carbonyl (C=O) groups is 1. The molecule has 0 aliphatic heterocycles. The van der Waals surface area contributed by atoms with Crippen LogP contribution in [0.5, 0.6) is 0 Å². The molecule has 0 spiro atoms. The number of amides is 1. The zero-order chi connectivity index (χ0) is 13.1. The van der Waals surface area contributed by atoms with Crippen LogP contribution in [0.4, 0.5) is 4.39 Å². The van der Waals surface area contributed by atoms with Crippen molar-refractivity contribution in [3.8, 4) is 0 Å². The molecule has 5 heteroatoms. The molecule has 1 aromatic carbocycles. The van der Waals surface area contributed by atoms with Gasteiger partial charge in [-0.2, -0.15) is 0 Å². The highest BCUT2D eigenvalue weighted by atomic mass is 35.5. The first kappa shape index (κ1) is 12.6. The number of benzene rings is 1. The number of nitrogens with zero attached hydrogens (tertiary/aromatic N) is 1. The minimum absolute atomic E-state index is 0.00606. The zero-order valence-corrected chi connectivity index (χ0v) is 10.4. The van der Waals surface area contributed by atoms with E-state index in [1.54, 1.807) is 19.2 Å². The van der Waals surface area contributed by atoms with Crippen LogP contribution in [0.15, 0.2) is 41.0 Å². The standard InChI is InChI=1S/C13H11ClFNO2/c1-16(8-10-3-2-6-18-10)13(17)11-5-4-9(14)7-12(11)15/h2-7H,8H2,1H3. The minimum Gasteiger partial charge on any atom is -0.467 e. The van der Waals surface area contributed by atoms with E-state index in [2.05, 4.69) is 0 Å². The molecule has 1 amide bonds. The molecular formula is C13H11ClFNO2. The fraction of sp³-hybridized carbons (Fsp3) is 0.154. The SMILES string of the molecule is CN(Cc1ccco1)C(=O)c1ccc(Cl)cc1F. The van der Waals surface area contributed by atoms with Crippen LogP contribution in [-0.4, -0.2) is 17.9 Å². The maximum Gasteiger partial charge on any atom is 0.256 e. The summed E-state index contributed by atoms with van der Waals surface area (Å²) in [6.45, 7) is 0.286. The lowest BCUT2D eigenvalue weighted by Crippen LogP contribution is -2.26. The van der Waals surface area contributed by atoms with Crippen LogP contribution in [0.3, 0.4) is 0 Å². The number of hydrogen-bond donors (Lipinski definition) is 0. The highest BCUT2D eigenvalue weighted by molar-refractivity contribution is 6.30. The normalized spacial score (nSPS) is 10.4. The second-order valence-electron chi connectivity index (χ2n) is 3.86. The van der Waals surface area contributed by atoms with E-state index in [1.165, 1.54) is 23.3 Å². The molecule has 0 fully saturated rings. The van der Waals surface area contributed by atoms with Crippen LogP contribution in [0, 0.1) is 5.82 Å². The molecule has 0 unspecified atom stereocenters. The summed E-state index contributed by atoms with van der Waals surface area (Å²) in [5.41, 5.74) is -0.00606. The van der Waals surface area contributed by atoms with Crippen molar-refractivity contribution in [1.82, 2.24) is 4.90 Å². The fourth-order valence-corrected chi connectivity index (χ4v) is 1.74. The maximum absolute atomic E-state index is 13.6. The summed E-state index contributed by atoms with van der Waals surface area (Å²) in [5, 5.41) is 0.262. The Balaban J connectivity index is 2.15. The van der Waals surface area contributed by atoms with Gasteiger partial charge in [0.05, 0.1) is 18.4 Å². The van der Waals surface area contributed by atoms with Crippen LogP contribution < -0.4 is 0 Å². The average molecular weight is 268 g/mol. The number of carbonyl (C=O) groups excluding carboxylic acids is 1. The van der Waals surface area contributed by atoms with Crippen LogP contribution in [0.1, 0.15) is 16.1 Å². The van der Waals surface area contributed by atoms with E-state index in [1.807, 2.05) is 0 Å². The van der Waals surface area contributed by atoms with Crippen LogP contribution >= 0.6 is 11.6 Å². The summed E-state index contributed by atoms with van der Waals surface area (Å²) in [6, 6.07) is 7.46. The summed E-state index contributed by atoms with van der Waals surface area (Å²) < 4.78 is 18.7. The molecule has 3 nitrogen and oxygen atoms in total. The Kier molecular flexibility index (Phi) is 3.67. The van der Waals surface area contributed by atoms with Gasteiger partial charge in [-0.3, -0.25) is 4.79 Å². The van der Waals surface area contributed by atoms with Gasteiger partial charge in [0.25, 0.3) is 5.91 Å². The van der Waals surface area contributed by atoms with Gasteiger partial charge in [-0.15, -0.1) is 0 Å². The number of hydrogen-bond acceptors (Lipinski definition) is 2. The predicted molar refractivity (Wildman–Crippen MR) is 65.9 cm³/mol. The van der Waals surface area contributed by atoms with Gasteiger partial charge in [-0.05, 0) is 30.3 Å². The van der Waals surface area contributed by atoms with Crippen molar-refractivity contribution in [2.24, 2.45) is 0 Å². The molecular weight excluding hydrogens is 257 g/mol. The molecule has 2 aromatic rings. The number of furan rings is 1. The molecule has 1 aromatic heterocycles. The van der Waals surface area contributed by atoms with E-state index < -0.39 is 11.7 Å². The molecule has 0 saturated heterocycles. The van der Waals surface area contributed by atoms with E-state index in [0.29, 0.717) is 5.76 Å². The van der Waals surface area contributed by atoms with Crippen molar-refractivity contribution >= 4 is 17.5 Å². The second-order valence-corrected chi connectivity index (χ2v) is 4.30. The van der Waals surface area contributed by atoms with Gasteiger partial charge < -0.3 is 9.32 Å². The van der Waals surface area contributed by atoms with Crippen molar-refractivity contribution in [2.75, 3.05) is 7.05 Å². The van der Waals surface area contributed by atoms with Crippen molar-refractivity contribution in [3.63, 3.8) is 0 Å². The Morgan fingerprint density at radius 2 is 2.22 bits per heavy atom. The Labute approximate surface area is 109 Å². The maximum atomic E-state index is 13.6. The number of rotatable bonds is 3. The van der Waals surface area contributed by atoms with Gasteiger partial charge in [-0.25, -0.2) is 4.39 Å². The van der Waals surface area contributed by atoms with Gasteiger partial charge >= 0.3 is 0 Å². The predicted octanol–water partition coefficient (Wildman–Crippen LogP) is 3.34. The summed E-state index contributed by atoms with van der Waals surface area (Å²) >= 11 is 5.64. The van der Waals surface area contributed by atoms with Gasteiger partial charge in [0.1, 0.15) is 11.6 Å². The van der Waals surface area contributed by atoms with Crippen LogP contribution in [0.2, 0.25) is 5.02 Å². The third-order valence-corrected chi connectivity index (χ3v) is 2.72. The van der Waals surface area contributed by atoms with E-state index in [9.17, 15) is 9.18 Å². The van der Waals surface area contributed by atoms with Crippen molar-refractivity contribution < 1.29 is 13.6 Å². The highest BCUT2D eigenvalue weighted by Crippen LogP contribution is 2.17. The fourth-order valence-electron chi connectivity index (χ4n) is 1.58. The monoisotopic (exact) mass is 267 g/mol. The van der Waals surface area contributed by atoms with Gasteiger partial charge in [0.15, 0.2) is 0 Å². The molecule has 1 heterocycles. The van der Waals surface area contributed by atoms with Crippen LogP contribution in [-0.2, 0) is 6.54 Å². The number of halogens is 2.